The van der Waals surface area contributed by atoms with Crippen LogP contribution in [0.1, 0.15) is 44.0 Å². The molecule has 1 aromatic rings. The van der Waals surface area contributed by atoms with Crippen LogP contribution in [0.15, 0.2) is 18.2 Å². The van der Waals surface area contributed by atoms with Crippen molar-refractivity contribution in [1.82, 2.24) is 5.32 Å². The first-order chi connectivity index (χ1) is 7.85. The number of hydrogen-bond donors (Lipinski definition) is 2. The molecule has 0 atom stereocenters. The Kier molecular flexibility index (Phi) is 4.80. The molecule has 0 aliphatic heterocycles. The van der Waals surface area contributed by atoms with Gasteiger partial charge in [0.2, 0.25) is 0 Å². The van der Waals surface area contributed by atoms with Gasteiger partial charge < -0.3 is 10.4 Å². The summed E-state index contributed by atoms with van der Waals surface area (Å²) in [6.45, 7) is 6.05. The molecule has 1 amide bonds. The molecular formula is C13H18INO2. The number of aromatic hydroxyl groups is 1. The molecule has 3 nitrogen and oxygen atoms in total. The molecule has 1 aromatic carbocycles. The Morgan fingerprint density at radius 1 is 1.47 bits per heavy atom. The van der Waals surface area contributed by atoms with Crippen LogP contribution in [0.5, 0.6) is 5.75 Å². The van der Waals surface area contributed by atoms with Crippen molar-refractivity contribution in [2.24, 2.45) is 0 Å². The third kappa shape index (κ3) is 4.18. The number of carbonyl (C=O) groups is 1. The molecule has 0 fully saturated rings. The van der Waals surface area contributed by atoms with E-state index in [-0.39, 0.29) is 17.2 Å². The van der Waals surface area contributed by atoms with Gasteiger partial charge in [-0.1, -0.05) is 13.3 Å². The molecule has 0 aliphatic rings. The summed E-state index contributed by atoms with van der Waals surface area (Å²) in [7, 11) is 0. The van der Waals surface area contributed by atoms with Crippen LogP contribution in [-0.2, 0) is 0 Å². The quantitative estimate of drug-likeness (QED) is 0.821. The Morgan fingerprint density at radius 2 is 2.12 bits per heavy atom. The van der Waals surface area contributed by atoms with Crippen LogP contribution in [0.4, 0.5) is 0 Å². The first-order valence-electron chi connectivity index (χ1n) is 5.67. The molecule has 0 heterocycles. The normalized spacial score (nSPS) is 11.3. The van der Waals surface area contributed by atoms with Gasteiger partial charge in [0.25, 0.3) is 5.91 Å². The topological polar surface area (TPSA) is 49.3 Å². The van der Waals surface area contributed by atoms with Crippen LogP contribution < -0.4 is 5.32 Å². The Bertz CT molecular complexity index is 416. The summed E-state index contributed by atoms with van der Waals surface area (Å²) in [6.07, 6.45) is 1.91. The largest absolute Gasteiger partial charge is 0.507 e. The lowest BCUT2D eigenvalue weighted by Crippen LogP contribution is -2.43. The zero-order chi connectivity index (χ0) is 13.1. The highest BCUT2D eigenvalue weighted by atomic mass is 127. The fraction of sp³-hybridized carbons (Fsp3) is 0.462. The molecule has 4 heteroatoms. The van der Waals surface area contributed by atoms with Gasteiger partial charge in [0, 0.05) is 9.11 Å². The van der Waals surface area contributed by atoms with Crippen LogP contribution in [0.3, 0.4) is 0 Å². The number of benzene rings is 1. The van der Waals surface area contributed by atoms with Gasteiger partial charge in [-0.3, -0.25) is 4.79 Å². The van der Waals surface area contributed by atoms with Crippen molar-refractivity contribution >= 4 is 28.5 Å². The van der Waals surface area contributed by atoms with Crippen LogP contribution >= 0.6 is 22.6 Å². The van der Waals surface area contributed by atoms with E-state index in [1.54, 1.807) is 18.2 Å². The zero-order valence-electron chi connectivity index (χ0n) is 10.4. The zero-order valence-corrected chi connectivity index (χ0v) is 12.5. The van der Waals surface area contributed by atoms with E-state index in [1.165, 1.54) is 0 Å². The second-order valence-corrected chi connectivity index (χ2v) is 6.00. The minimum atomic E-state index is -0.250. The van der Waals surface area contributed by atoms with Crippen molar-refractivity contribution in [3.05, 3.63) is 27.3 Å². The Morgan fingerprint density at radius 3 is 2.71 bits per heavy atom. The third-order valence-corrected chi connectivity index (χ3v) is 3.20. The number of nitrogens with one attached hydrogen (secondary N) is 1. The lowest BCUT2D eigenvalue weighted by Gasteiger charge is -2.26. The van der Waals surface area contributed by atoms with E-state index in [1.807, 2.05) is 13.8 Å². The summed E-state index contributed by atoms with van der Waals surface area (Å²) in [5.74, 6) is -0.199. The third-order valence-electron chi connectivity index (χ3n) is 2.53. The van der Waals surface area contributed by atoms with Crippen molar-refractivity contribution in [3.8, 4) is 5.75 Å². The molecular weight excluding hydrogens is 329 g/mol. The summed E-state index contributed by atoms with van der Waals surface area (Å²) in [6, 6.07) is 5.00. The fourth-order valence-electron chi connectivity index (χ4n) is 1.75. The summed E-state index contributed by atoms with van der Waals surface area (Å²) in [4.78, 5) is 12.0. The predicted octanol–water partition coefficient (Wildman–Crippen LogP) is 3.31. The maximum Gasteiger partial charge on any atom is 0.255 e. The molecule has 0 saturated carbocycles. The van der Waals surface area contributed by atoms with Crippen LogP contribution in [-0.4, -0.2) is 16.6 Å². The van der Waals surface area contributed by atoms with Crippen molar-refractivity contribution in [1.29, 1.82) is 0 Å². The standard InChI is InChI=1S/C13H18INO2/c1-4-7-13(2,3)15-12(17)10-8-9(14)5-6-11(10)16/h5-6,8,16H,4,7H2,1-3H3,(H,15,17). The van der Waals surface area contributed by atoms with Crippen LogP contribution in [0.2, 0.25) is 0 Å². The van der Waals surface area contributed by atoms with E-state index in [0.29, 0.717) is 5.56 Å². The summed E-state index contributed by atoms with van der Waals surface area (Å²) < 4.78 is 0.929. The van der Waals surface area contributed by atoms with Crippen molar-refractivity contribution in [2.75, 3.05) is 0 Å². The summed E-state index contributed by atoms with van der Waals surface area (Å²) in [5.41, 5.74) is 0.0839. The Labute approximate surface area is 116 Å². The van der Waals surface area contributed by atoms with Crippen LogP contribution in [0, 0.1) is 3.57 Å². The maximum atomic E-state index is 12.0. The second kappa shape index (κ2) is 5.71. The highest BCUT2D eigenvalue weighted by Crippen LogP contribution is 2.21. The van der Waals surface area contributed by atoms with Gasteiger partial charge in [-0.25, -0.2) is 0 Å². The molecule has 1 rings (SSSR count). The van der Waals surface area contributed by atoms with E-state index in [4.69, 9.17) is 0 Å². The first-order valence-corrected chi connectivity index (χ1v) is 6.74. The van der Waals surface area contributed by atoms with E-state index in [9.17, 15) is 9.90 Å². The van der Waals surface area contributed by atoms with Gasteiger partial charge in [0.05, 0.1) is 5.56 Å². The van der Waals surface area contributed by atoms with Crippen molar-refractivity contribution < 1.29 is 9.90 Å². The predicted molar refractivity (Wildman–Crippen MR) is 77.3 cm³/mol. The molecule has 0 aliphatic carbocycles. The molecule has 94 valence electrons. The number of phenols is 1. The molecule has 17 heavy (non-hydrogen) atoms. The second-order valence-electron chi connectivity index (χ2n) is 4.75. The van der Waals surface area contributed by atoms with Gasteiger partial charge in [-0.05, 0) is 61.1 Å². The minimum Gasteiger partial charge on any atom is -0.507 e. The minimum absolute atomic E-state index is 0.0233. The fourth-order valence-corrected chi connectivity index (χ4v) is 2.24. The van der Waals surface area contributed by atoms with E-state index in [2.05, 4.69) is 34.8 Å². The number of phenolic OH excluding ortho intramolecular Hbond substituents is 1. The molecule has 0 unspecified atom stereocenters. The average molecular weight is 347 g/mol. The lowest BCUT2D eigenvalue weighted by molar-refractivity contribution is 0.0906. The summed E-state index contributed by atoms with van der Waals surface area (Å²) >= 11 is 2.12. The number of rotatable bonds is 4. The number of carbonyl (C=O) groups excluding carboxylic acids is 1. The number of hydrogen-bond acceptors (Lipinski definition) is 2. The average Bonchev–Trinajstić information content (AvgIpc) is 2.20. The highest BCUT2D eigenvalue weighted by Gasteiger charge is 2.21. The molecule has 2 N–H and O–H groups in total. The first kappa shape index (κ1) is 14.3. The van der Waals surface area contributed by atoms with Crippen LogP contribution in [0.25, 0.3) is 0 Å². The van der Waals surface area contributed by atoms with Crippen molar-refractivity contribution in [2.45, 2.75) is 39.2 Å². The monoisotopic (exact) mass is 347 g/mol. The van der Waals surface area contributed by atoms with E-state index >= 15 is 0 Å². The summed E-state index contributed by atoms with van der Waals surface area (Å²) in [5, 5.41) is 12.6. The van der Waals surface area contributed by atoms with Gasteiger partial charge >= 0.3 is 0 Å². The highest BCUT2D eigenvalue weighted by molar-refractivity contribution is 14.1. The van der Waals surface area contributed by atoms with Gasteiger partial charge in [0.15, 0.2) is 0 Å². The van der Waals surface area contributed by atoms with Gasteiger partial charge in [-0.15, -0.1) is 0 Å². The van der Waals surface area contributed by atoms with Crippen molar-refractivity contribution in [3.63, 3.8) is 0 Å². The molecule has 0 radical (unpaired) electrons. The van der Waals surface area contributed by atoms with E-state index in [0.717, 1.165) is 16.4 Å². The molecule has 0 spiro atoms. The maximum absolute atomic E-state index is 12.0. The molecule has 0 aromatic heterocycles. The number of halogens is 1. The molecule has 0 saturated heterocycles. The lowest BCUT2D eigenvalue weighted by atomic mass is 9.98. The van der Waals surface area contributed by atoms with E-state index < -0.39 is 0 Å². The Hall–Kier alpha value is -0.780. The Balaban J connectivity index is 2.86. The smallest absolute Gasteiger partial charge is 0.255 e. The van der Waals surface area contributed by atoms with Gasteiger partial charge in [0.1, 0.15) is 5.75 Å². The van der Waals surface area contributed by atoms with Gasteiger partial charge in [-0.2, -0.15) is 0 Å². The SMILES string of the molecule is CCCC(C)(C)NC(=O)c1cc(I)ccc1O. The number of amides is 1. The molecule has 0 bridgehead atoms.